The number of fused-ring (bicyclic) bond motifs is 1. The van der Waals surface area contributed by atoms with E-state index in [2.05, 4.69) is 22.0 Å². The Morgan fingerprint density at radius 2 is 1.70 bits per heavy atom. The summed E-state index contributed by atoms with van der Waals surface area (Å²) in [4.78, 5) is 11.4. The molecule has 0 radical (unpaired) electrons. The topological polar surface area (TPSA) is 54.3 Å². The molecule has 0 fully saturated rings. The molecule has 1 aromatic heterocycles. The maximum atomic E-state index is 11.4. The van der Waals surface area contributed by atoms with Crippen LogP contribution in [0.15, 0.2) is 79.0 Å². The van der Waals surface area contributed by atoms with E-state index in [1.54, 1.807) is 6.07 Å². The first-order valence-corrected chi connectivity index (χ1v) is 10.3. The lowest BCUT2D eigenvalue weighted by atomic mass is 10.1. The highest BCUT2D eigenvalue weighted by Gasteiger charge is 2.19. The SMILES string of the molecule is O=C(O)Cc1cn(C(NCc2ccc(Cl)c(Cl)c2)c2ccccc2)c2ccccc12. The zero-order valence-electron chi connectivity index (χ0n) is 16.1. The number of aliphatic carboxylic acids is 1. The van der Waals surface area contributed by atoms with E-state index in [0.717, 1.165) is 27.6 Å². The van der Waals surface area contributed by atoms with Gasteiger partial charge in [-0.05, 0) is 34.9 Å². The van der Waals surface area contributed by atoms with Crippen LogP contribution in [-0.2, 0) is 17.8 Å². The summed E-state index contributed by atoms with van der Waals surface area (Å²) in [7, 11) is 0. The molecular formula is C24H20Cl2N2O2. The predicted molar refractivity (Wildman–Crippen MR) is 121 cm³/mol. The van der Waals surface area contributed by atoms with Crippen LogP contribution in [0.4, 0.5) is 0 Å². The zero-order valence-corrected chi connectivity index (χ0v) is 17.6. The van der Waals surface area contributed by atoms with Gasteiger partial charge < -0.3 is 9.67 Å². The molecule has 3 aromatic carbocycles. The third kappa shape index (κ3) is 4.36. The number of nitrogens with zero attached hydrogens (tertiary/aromatic N) is 1. The summed E-state index contributed by atoms with van der Waals surface area (Å²) in [5.74, 6) is -0.849. The standard InChI is InChI=1S/C24H20Cl2N2O2/c25-20-11-10-16(12-21(20)26)14-27-24(17-6-2-1-3-7-17)28-15-18(13-23(29)30)19-8-4-5-9-22(19)28/h1-12,15,24,27H,13-14H2,(H,29,30). The smallest absolute Gasteiger partial charge is 0.307 e. The van der Waals surface area contributed by atoms with Crippen molar-refractivity contribution in [1.29, 1.82) is 0 Å². The van der Waals surface area contributed by atoms with Gasteiger partial charge in [0, 0.05) is 23.6 Å². The van der Waals surface area contributed by atoms with E-state index in [4.69, 9.17) is 23.2 Å². The summed E-state index contributed by atoms with van der Waals surface area (Å²) >= 11 is 12.2. The lowest BCUT2D eigenvalue weighted by Gasteiger charge is -2.23. The summed E-state index contributed by atoms with van der Waals surface area (Å²) in [6.07, 6.45) is 1.72. The molecule has 0 aliphatic rings. The van der Waals surface area contributed by atoms with Crippen molar-refractivity contribution in [2.45, 2.75) is 19.1 Å². The van der Waals surface area contributed by atoms with Gasteiger partial charge in [0.2, 0.25) is 0 Å². The van der Waals surface area contributed by atoms with Crippen molar-refractivity contribution >= 4 is 40.1 Å². The highest BCUT2D eigenvalue weighted by atomic mass is 35.5. The number of carboxylic acids is 1. The molecule has 1 atom stereocenters. The molecule has 0 amide bonds. The molecule has 4 nitrogen and oxygen atoms in total. The van der Waals surface area contributed by atoms with Crippen LogP contribution >= 0.6 is 23.2 Å². The van der Waals surface area contributed by atoms with Crippen molar-refractivity contribution in [3.05, 3.63) is 106 Å². The molecule has 4 rings (SSSR count). The number of carbonyl (C=O) groups is 1. The third-order valence-corrected chi connectivity index (χ3v) is 5.78. The monoisotopic (exact) mass is 438 g/mol. The first-order valence-electron chi connectivity index (χ1n) is 9.55. The first kappa shape index (κ1) is 20.5. The average Bonchev–Trinajstić information content (AvgIpc) is 3.09. The van der Waals surface area contributed by atoms with Crippen LogP contribution in [0.25, 0.3) is 10.9 Å². The van der Waals surface area contributed by atoms with Gasteiger partial charge in [-0.3, -0.25) is 10.1 Å². The van der Waals surface area contributed by atoms with Crippen molar-refractivity contribution in [2.75, 3.05) is 0 Å². The molecule has 6 heteroatoms. The van der Waals surface area contributed by atoms with Crippen molar-refractivity contribution in [2.24, 2.45) is 0 Å². The Morgan fingerprint density at radius 3 is 2.43 bits per heavy atom. The lowest BCUT2D eigenvalue weighted by Crippen LogP contribution is -2.27. The zero-order chi connectivity index (χ0) is 21.1. The number of halogens is 2. The van der Waals surface area contributed by atoms with E-state index in [9.17, 15) is 9.90 Å². The minimum absolute atomic E-state index is 0.0260. The summed E-state index contributed by atoms with van der Waals surface area (Å²) in [6, 6.07) is 23.5. The highest BCUT2D eigenvalue weighted by molar-refractivity contribution is 6.42. The van der Waals surface area contributed by atoms with Crippen LogP contribution < -0.4 is 5.32 Å². The van der Waals surface area contributed by atoms with Crippen LogP contribution in [0.2, 0.25) is 10.0 Å². The number of carboxylic acid groups (broad SMARTS) is 1. The van der Waals surface area contributed by atoms with Crippen LogP contribution in [0.1, 0.15) is 22.9 Å². The number of benzene rings is 3. The van der Waals surface area contributed by atoms with Crippen molar-refractivity contribution in [3.63, 3.8) is 0 Å². The van der Waals surface area contributed by atoms with E-state index in [1.807, 2.05) is 60.8 Å². The second-order valence-corrected chi connectivity index (χ2v) is 7.91. The molecule has 0 saturated heterocycles. The third-order valence-electron chi connectivity index (χ3n) is 5.04. The maximum absolute atomic E-state index is 11.4. The summed E-state index contributed by atoms with van der Waals surface area (Å²) in [5, 5.41) is 14.9. The van der Waals surface area contributed by atoms with Crippen LogP contribution in [0, 0.1) is 0 Å². The highest BCUT2D eigenvalue weighted by Crippen LogP contribution is 2.28. The minimum Gasteiger partial charge on any atom is -0.481 e. The summed E-state index contributed by atoms with van der Waals surface area (Å²) in [6.45, 7) is 0.567. The molecule has 152 valence electrons. The number of aromatic nitrogens is 1. The molecule has 1 unspecified atom stereocenters. The number of hydrogen-bond donors (Lipinski definition) is 2. The van der Waals surface area contributed by atoms with Gasteiger partial charge >= 0.3 is 5.97 Å². The second kappa shape index (κ2) is 8.92. The molecule has 0 aliphatic heterocycles. The van der Waals surface area contributed by atoms with Gasteiger partial charge in [-0.1, -0.05) is 77.8 Å². The molecule has 0 aliphatic carbocycles. The van der Waals surface area contributed by atoms with Gasteiger partial charge in [0.05, 0.1) is 16.5 Å². The molecule has 0 bridgehead atoms. The van der Waals surface area contributed by atoms with E-state index in [-0.39, 0.29) is 12.6 Å². The summed E-state index contributed by atoms with van der Waals surface area (Å²) < 4.78 is 2.10. The van der Waals surface area contributed by atoms with Gasteiger partial charge in [-0.25, -0.2) is 0 Å². The van der Waals surface area contributed by atoms with E-state index in [0.29, 0.717) is 16.6 Å². The average molecular weight is 439 g/mol. The Labute approximate surface area is 184 Å². The molecule has 2 N–H and O–H groups in total. The fourth-order valence-corrected chi connectivity index (χ4v) is 3.99. The minimum atomic E-state index is -0.849. The normalized spacial score (nSPS) is 12.2. The van der Waals surface area contributed by atoms with Gasteiger partial charge in [0.25, 0.3) is 0 Å². The predicted octanol–water partition coefficient (Wildman–Crippen LogP) is 5.91. The van der Waals surface area contributed by atoms with E-state index < -0.39 is 5.97 Å². The van der Waals surface area contributed by atoms with Crippen molar-refractivity contribution in [3.8, 4) is 0 Å². The second-order valence-electron chi connectivity index (χ2n) is 7.09. The van der Waals surface area contributed by atoms with Gasteiger partial charge in [-0.15, -0.1) is 0 Å². The molecule has 0 saturated carbocycles. The van der Waals surface area contributed by atoms with Crippen molar-refractivity contribution in [1.82, 2.24) is 9.88 Å². The Morgan fingerprint density at radius 1 is 0.967 bits per heavy atom. The number of para-hydroxylation sites is 1. The Kier molecular flexibility index (Phi) is 6.09. The number of hydrogen-bond acceptors (Lipinski definition) is 2. The molecule has 4 aromatic rings. The number of nitrogens with one attached hydrogen (secondary N) is 1. The molecule has 0 spiro atoms. The Balaban J connectivity index is 1.75. The van der Waals surface area contributed by atoms with Crippen LogP contribution in [-0.4, -0.2) is 15.6 Å². The fraction of sp³-hybridized carbons (Fsp3) is 0.125. The van der Waals surface area contributed by atoms with E-state index >= 15 is 0 Å². The lowest BCUT2D eigenvalue weighted by molar-refractivity contribution is -0.136. The quantitative estimate of drug-likeness (QED) is 0.376. The largest absolute Gasteiger partial charge is 0.481 e. The Bertz CT molecular complexity index is 1190. The van der Waals surface area contributed by atoms with Gasteiger partial charge in [-0.2, -0.15) is 0 Å². The Hall–Kier alpha value is -2.79. The fourth-order valence-electron chi connectivity index (χ4n) is 3.67. The van der Waals surface area contributed by atoms with Crippen LogP contribution in [0.3, 0.4) is 0 Å². The number of rotatable bonds is 7. The molecule has 1 heterocycles. The molecule has 30 heavy (non-hydrogen) atoms. The maximum Gasteiger partial charge on any atom is 0.307 e. The summed E-state index contributed by atoms with van der Waals surface area (Å²) in [5.41, 5.74) is 3.84. The van der Waals surface area contributed by atoms with Gasteiger partial charge in [0.15, 0.2) is 0 Å². The molecular weight excluding hydrogens is 419 g/mol. The van der Waals surface area contributed by atoms with Crippen LogP contribution in [0.5, 0.6) is 0 Å². The van der Waals surface area contributed by atoms with Gasteiger partial charge in [0.1, 0.15) is 6.17 Å². The van der Waals surface area contributed by atoms with Crippen molar-refractivity contribution < 1.29 is 9.90 Å². The van der Waals surface area contributed by atoms with E-state index in [1.165, 1.54) is 0 Å². The first-order chi connectivity index (χ1) is 14.5.